The van der Waals surface area contributed by atoms with Crippen LogP contribution in [0.4, 0.5) is 0 Å². The molecule has 0 spiro atoms. The summed E-state index contributed by atoms with van der Waals surface area (Å²) >= 11 is 0. The molecule has 1 saturated heterocycles. The van der Waals surface area contributed by atoms with Gasteiger partial charge in [0.15, 0.2) is 0 Å². The van der Waals surface area contributed by atoms with Crippen LogP contribution < -0.4 is 10.6 Å². The molecule has 1 aliphatic rings. The Morgan fingerprint density at radius 3 is 2.48 bits per heavy atom. The van der Waals surface area contributed by atoms with Gasteiger partial charge in [-0.25, -0.2) is 0 Å². The minimum Gasteiger partial charge on any atom is -0.391 e. The van der Waals surface area contributed by atoms with Gasteiger partial charge in [-0.3, -0.25) is 9.59 Å². The fourth-order valence-corrected chi connectivity index (χ4v) is 3.42. The molecule has 0 saturated carbocycles. The number of carbonyl (C=O) groups excluding carboxylic acids is 2. The molecule has 0 bridgehead atoms. The molecule has 146 valence electrons. The van der Waals surface area contributed by atoms with Crippen molar-refractivity contribution in [1.29, 1.82) is 0 Å². The number of β-amino-alcohol motifs (C(OH)–C–C–N with tert-alkyl or cyclic N) is 1. The van der Waals surface area contributed by atoms with E-state index in [9.17, 15) is 14.7 Å². The highest BCUT2D eigenvalue weighted by Crippen LogP contribution is 2.25. The molecule has 0 radical (unpaired) electrons. The first kappa shape index (κ1) is 20.9. The van der Waals surface area contributed by atoms with Crippen LogP contribution in [0.5, 0.6) is 0 Å². The highest BCUT2D eigenvalue weighted by Gasteiger charge is 2.43. The number of nitrogens with one attached hydrogen (secondary N) is 2. The topological polar surface area (TPSA) is 81.7 Å². The second-order valence-corrected chi connectivity index (χ2v) is 8.04. The van der Waals surface area contributed by atoms with Gasteiger partial charge in [0.2, 0.25) is 11.8 Å². The lowest BCUT2D eigenvalue weighted by Gasteiger charge is -2.34. The van der Waals surface area contributed by atoms with Crippen molar-refractivity contribution >= 4 is 11.8 Å². The van der Waals surface area contributed by atoms with E-state index >= 15 is 0 Å². The fourth-order valence-electron chi connectivity index (χ4n) is 3.42. The standard InChI is InChI=1S/C21H29N3O3/c1-6-14-7-9-15(10-8-14)12-23-19(26)17-11-16(25)13-24(17)20(27)18(22-5)21(2,3)4/h1,7-10,16-18,22,25H,11-13H2,2-5H3,(H,23,26)/t16-,17+,18-/m1/s1. The quantitative estimate of drug-likeness (QED) is 0.671. The molecule has 1 aromatic rings. The summed E-state index contributed by atoms with van der Waals surface area (Å²) in [5.74, 6) is 2.12. The summed E-state index contributed by atoms with van der Waals surface area (Å²) in [7, 11) is 1.73. The zero-order chi connectivity index (χ0) is 20.2. The number of carbonyl (C=O) groups is 2. The largest absolute Gasteiger partial charge is 0.391 e. The van der Waals surface area contributed by atoms with E-state index in [1.807, 2.05) is 45.0 Å². The molecule has 6 heteroatoms. The van der Waals surface area contributed by atoms with Gasteiger partial charge in [0.05, 0.1) is 12.1 Å². The lowest BCUT2D eigenvalue weighted by Crippen LogP contribution is -2.55. The second-order valence-electron chi connectivity index (χ2n) is 8.04. The molecular weight excluding hydrogens is 342 g/mol. The van der Waals surface area contributed by atoms with E-state index in [4.69, 9.17) is 6.42 Å². The van der Waals surface area contributed by atoms with Crippen molar-refractivity contribution in [3.8, 4) is 12.3 Å². The molecule has 2 rings (SSSR count). The Morgan fingerprint density at radius 2 is 1.96 bits per heavy atom. The Bertz CT molecular complexity index is 716. The number of terminal acetylenes is 1. The van der Waals surface area contributed by atoms with Crippen LogP contribution in [-0.2, 0) is 16.1 Å². The van der Waals surface area contributed by atoms with Crippen molar-refractivity contribution in [2.75, 3.05) is 13.6 Å². The number of hydrogen-bond donors (Lipinski definition) is 3. The average molecular weight is 371 g/mol. The number of benzene rings is 1. The lowest BCUT2D eigenvalue weighted by atomic mass is 9.86. The summed E-state index contributed by atoms with van der Waals surface area (Å²) in [4.78, 5) is 27.2. The predicted molar refractivity (Wildman–Crippen MR) is 105 cm³/mol. The number of likely N-dealkylation sites (N-methyl/N-ethyl adjacent to an activating group) is 1. The summed E-state index contributed by atoms with van der Waals surface area (Å²) < 4.78 is 0. The molecule has 2 amide bonds. The molecule has 0 unspecified atom stereocenters. The smallest absolute Gasteiger partial charge is 0.243 e. The van der Waals surface area contributed by atoms with E-state index in [1.165, 1.54) is 4.90 Å². The number of amides is 2. The number of rotatable bonds is 5. The van der Waals surface area contributed by atoms with Crippen LogP contribution in [0.1, 0.15) is 38.3 Å². The summed E-state index contributed by atoms with van der Waals surface area (Å²) in [6.07, 6.45) is 4.89. The number of aliphatic hydroxyl groups excluding tert-OH is 1. The zero-order valence-electron chi connectivity index (χ0n) is 16.5. The Labute approximate surface area is 161 Å². The van der Waals surface area contributed by atoms with E-state index in [2.05, 4.69) is 16.6 Å². The Hall–Kier alpha value is -2.36. The molecule has 3 atom stereocenters. The Morgan fingerprint density at radius 1 is 1.33 bits per heavy atom. The van der Waals surface area contributed by atoms with E-state index in [0.717, 1.165) is 11.1 Å². The zero-order valence-corrected chi connectivity index (χ0v) is 16.5. The van der Waals surface area contributed by atoms with Crippen molar-refractivity contribution in [3.05, 3.63) is 35.4 Å². The SMILES string of the molecule is C#Cc1ccc(CNC(=O)[C@@H]2C[C@@H](O)CN2C(=O)[C@@H](NC)C(C)(C)C)cc1. The predicted octanol–water partition coefficient (Wildman–Crippen LogP) is 0.880. The molecular formula is C21H29N3O3. The molecule has 3 N–H and O–H groups in total. The first-order valence-electron chi connectivity index (χ1n) is 9.16. The molecule has 1 aliphatic heterocycles. The third kappa shape index (κ3) is 5.09. The van der Waals surface area contributed by atoms with Gasteiger partial charge < -0.3 is 20.6 Å². The molecule has 0 aromatic heterocycles. The van der Waals surface area contributed by atoms with Crippen LogP contribution in [-0.4, -0.2) is 53.6 Å². The van der Waals surface area contributed by atoms with Crippen molar-refractivity contribution in [1.82, 2.24) is 15.5 Å². The van der Waals surface area contributed by atoms with E-state index in [1.54, 1.807) is 7.05 Å². The monoisotopic (exact) mass is 371 g/mol. The fraction of sp³-hybridized carbons (Fsp3) is 0.524. The minimum atomic E-state index is -0.697. The van der Waals surface area contributed by atoms with Gasteiger partial charge in [0, 0.05) is 25.1 Å². The van der Waals surface area contributed by atoms with Crippen LogP contribution in [0.15, 0.2) is 24.3 Å². The molecule has 0 aliphatic carbocycles. The lowest BCUT2D eigenvalue weighted by molar-refractivity contribution is -0.142. The Balaban J connectivity index is 2.06. The van der Waals surface area contributed by atoms with Gasteiger partial charge >= 0.3 is 0 Å². The Kier molecular flexibility index (Phi) is 6.63. The van der Waals surface area contributed by atoms with Gasteiger partial charge in [-0.2, -0.15) is 0 Å². The highest BCUT2D eigenvalue weighted by molar-refractivity contribution is 5.91. The van der Waals surface area contributed by atoms with Crippen molar-refractivity contribution in [3.63, 3.8) is 0 Å². The van der Waals surface area contributed by atoms with Crippen LogP contribution in [0.3, 0.4) is 0 Å². The maximum Gasteiger partial charge on any atom is 0.243 e. The van der Waals surface area contributed by atoms with Crippen molar-refractivity contribution in [2.24, 2.45) is 5.41 Å². The number of aliphatic hydroxyl groups is 1. The maximum atomic E-state index is 13.0. The maximum absolute atomic E-state index is 13.0. The molecule has 1 fully saturated rings. The van der Waals surface area contributed by atoms with Crippen molar-refractivity contribution in [2.45, 2.75) is 51.9 Å². The van der Waals surface area contributed by atoms with E-state index < -0.39 is 18.2 Å². The van der Waals surface area contributed by atoms with Crippen LogP contribution in [0, 0.1) is 17.8 Å². The molecule has 1 heterocycles. The summed E-state index contributed by atoms with van der Waals surface area (Å²) in [6, 6.07) is 6.25. The second kappa shape index (κ2) is 8.55. The third-order valence-corrected chi connectivity index (χ3v) is 4.85. The van der Waals surface area contributed by atoms with Gasteiger partial charge in [0.25, 0.3) is 0 Å². The van der Waals surface area contributed by atoms with Crippen LogP contribution in [0.2, 0.25) is 0 Å². The van der Waals surface area contributed by atoms with Gasteiger partial charge in [-0.15, -0.1) is 6.42 Å². The third-order valence-electron chi connectivity index (χ3n) is 4.85. The molecule has 1 aromatic carbocycles. The first-order valence-corrected chi connectivity index (χ1v) is 9.16. The van der Waals surface area contributed by atoms with E-state index in [0.29, 0.717) is 6.54 Å². The van der Waals surface area contributed by atoms with Gasteiger partial charge in [0.1, 0.15) is 6.04 Å². The summed E-state index contributed by atoms with van der Waals surface area (Å²) in [6.45, 7) is 6.41. The summed E-state index contributed by atoms with van der Waals surface area (Å²) in [5.41, 5.74) is 1.39. The highest BCUT2D eigenvalue weighted by atomic mass is 16.3. The number of likely N-dealkylation sites (tertiary alicyclic amines) is 1. The van der Waals surface area contributed by atoms with Gasteiger partial charge in [-0.1, -0.05) is 38.8 Å². The van der Waals surface area contributed by atoms with Crippen LogP contribution >= 0.6 is 0 Å². The van der Waals surface area contributed by atoms with Gasteiger partial charge in [-0.05, 0) is 30.2 Å². The number of hydrogen-bond acceptors (Lipinski definition) is 4. The summed E-state index contributed by atoms with van der Waals surface area (Å²) in [5, 5.41) is 16.0. The molecule has 6 nitrogen and oxygen atoms in total. The molecule has 27 heavy (non-hydrogen) atoms. The average Bonchev–Trinajstić information content (AvgIpc) is 3.01. The van der Waals surface area contributed by atoms with Crippen molar-refractivity contribution < 1.29 is 14.7 Å². The van der Waals surface area contributed by atoms with E-state index in [-0.39, 0.29) is 30.2 Å². The first-order chi connectivity index (χ1) is 12.7. The normalized spacial score (nSPS) is 20.8. The number of nitrogens with zero attached hydrogens (tertiary/aromatic N) is 1. The minimum absolute atomic E-state index is 0.167. The van der Waals surface area contributed by atoms with Crippen LogP contribution in [0.25, 0.3) is 0 Å².